The van der Waals surface area contributed by atoms with E-state index in [1.807, 2.05) is 19.1 Å². The minimum Gasteiger partial charge on any atom is -0.342 e. The van der Waals surface area contributed by atoms with E-state index in [-0.39, 0.29) is 18.4 Å². The second-order valence-electron chi connectivity index (χ2n) is 3.84. The summed E-state index contributed by atoms with van der Waals surface area (Å²) >= 11 is 1.30. The van der Waals surface area contributed by atoms with Crippen LogP contribution in [0, 0.1) is 6.92 Å². The Labute approximate surface area is 101 Å². The number of pyridine rings is 1. The number of carbonyl (C=O) groups is 2. The molecule has 3 rings (SSSR count). The second-order valence-corrected chi connectivity index (χ2v) is 4.84. The molecule has 2 amide bonds. The zero-order valence-electron chi connectivity index (χ0n) is 9.03. The Kier molecular flexibility index (Phi) is 2.12. The van der Waals surface area contributed by atoms with Gasteiger partial charge in [0, 0.05) is 11.1 Å². The van der Waals surface area contributed by atoms with Crippen molar-refractivity contribution in [1.82, 2.24) is 10.3 Å². The van der Waals surface area contributed by atoms with Crippen LogP contribution >= 0.6 is 11.3 Å². The normalized spacial score (nSPS) is 15.1. The van der Waals surface area contributed by atoms with E-state index in [4.69, 9.17) is 0 Å². The van der Waals surface area contributed by atoms with E-state index < -0.39 is 0 Å². The van der Waals surface area contributed by atoms with E-state index in [0.717, 1.165) is 15.9 Å². The van der Waals surface area contributed by atoms with E-state index in [1.54, 1.807) is 0 Å². The molecule has 0 unspecified atom stereocenters. The van der Waals surface area contributed by atoms with Crippen LogP contribution in [-0.2, 0) is 4.79 Å². The van der Waals surface area contributed by atoms with Gasteiger partial charge in [0.05, 0.1) is 12.2 Å². The zero-order chi connectivity index (χ0) is 12.0. The summed E-state index contributed by atoms with van der Waals surface area (Å²) in [5, 5.41) is 6.12. The average Bonchev–Trinajstić information content (AvgIpc) is 2.57. The fourth-order valence-electron chi connectivity index (χ4n) is 1.78. The molecule has 0 aliphatic carbocycles. The first-order valence-electron chi connectivity index (χ1n) is 5.13. The number of carbonyl (C=O) groups excluding carboxylic acids is 2. The van der Waals surface area contributed by atoms with Crippen LogP contribution in [-0.4, -0.2) is 23.3 Å². The SMILES string of the molecule is Cc1ccc2c3c(sc2n1)C(=O)NCC(=O)N3. The highest BCUT2D eigenvalue weighted by Gasteiger charge is 2.24. The number of amides is 2. The number of rotatable bonds is 0. The summed E-state index contributed by atoms with van der Waals surface area (Å²) in [6, 6.07) is 3.75. The molecule has 0 spiro atoms. The third kappa shape index (κ3) is 1.57. The zero-order valence-corrected chi connectivity index (χ0v) is 9.85. The molecule has 0 radical (unpaired) electrons. The van der Waals surface area contributed by atoms with E-state index in [1.165, 1.54) is 11.3 Å². The van der Waals surface area contributed by atoms with E-state index in [9.17, 15) is 9.59 Å². The minimum atomic E-state index is -0.223. The molecule has 2 N–H and O–H groups in total. The van der Waals surface area contributed by atoms with Crippen LogP contribution in [0.3, 0.4) is 0 Å². The standard InChI is InChI=1S/C11H9N3O2S/c1-5-2-3-6-8-9(17-11(6)13-5)10(16)12-4-7(15)14-8/h2-3H,4H2,1H3,(H,12,16)(H,14,15). The van der Waals surface area contributed by atoms with Crippen LogP contribution in [0.1, 0.15) is 15.4 Å². The van der Waals surface area contributed by atoms with Crippen LogP contribution < -0.4 is 10.6 Å². The summed E-state index contributed by atoms with van der Waals surface area (Å²) in [7, 11) is 0. The van der Waals surface area contributed by atoms with Gasteiger partial charge in [-0.1, -0.05) is 0 Å². The molecular formula is C11H9N3O2S. The maximum Gasteiger partial charge on any atom is 0.264 e. The van der Waals surface area contributed by atoms with Crippen LogP contribution in [0.15, 0.2) is 12.1 Å². The Hall–Kier alpha value is -1.95. The second kappa shape index (κ2) is 3.53. The smallest absolute Gasteiger partial charge is 0.264 e. The first kappa shape index (κ1) is 10.2. The van der Waals surface area contributed by atoms with Crippen molar-refractivity contribution in [2.24, 2.45) is 0 Å². The molecule has 0 saturated carbocycles. The highest BCUT2D eigenvalue weighted by Crippen LogP contribution is 2.35. The summed E-state index contributed by atoms with van der Waals surface area (Å²) in [5.74, 6) is -0.434. The van der Waals surface area contributed by atoms with E-state index in [0.29, 0.717) is 10.6 Å². The van der Waals surface area contributed by atoms with Crippen LogP contribution in [0.25, 0.3) is 10.2 Å². The van der Waals surface area contributed by atoms with Crippen LogP contribution in [0.5, 0.6) is 0 Å². The molecular weight excluding hydrogens is 238 g/mol. The summed E-state index contributed by atoms with van der Waals surface area (Å²) < 4.78 is 0. The van der Waals surface area contributed by atoms with Gasteiger partial charge in [0.2, 0.25) is 5.91 Å². The van der Waals surface area contributed by atoms with Gasteiger partial charge in [-0.25, -0.2) is 4.98 Å². The van der Waals surface area contributed by atoms with Gasteiger partial charge in [-0.15, -0.1) is 11.3 Å². The predicted molar refractivity (Wildman–Crippen MR) is 65.3 cm³/mol. The van der Waals surface area contributed by atoms with Crippen molar-refractivity contribution in [3.05, 3.63) is 22.7 Å². The average molecular weight is 247 g/mol. The molecule has 86 valence electrons. The van der Waals surface area contributed by atoms with Crippen molar-refractivity contribution in [2.45, 2.75) is 6.92 Å². The molecule has 0 fully saturated rings. The molecule has 0 aromatic carbocycles. The number of hydrogen-bond acceptors (Lipinski definition) is 4. The summed E-state index contributed by atoms with van der Waals surface area (Å²) in [4.78, 5) is 28.9. The molecule has 17 heavy (non-hydrogen) atoms. The van der Waals surface area contributed by atoms with Gasteiger partial charge in [-0.2, -0.15) is 0 Å². The van der Waals surface area contributed by atoms with Gasteiger partial charge in [-0.05, 0) is 19.1 Å². The molecule has 2 aromatic heterocycles. The number of thiophene rings is 1. The van der Waals surface area contributed by atoms with Crippen molar-refractivity contribution >= 4 is 39.1 Å². The van der Waals surface area contributed by atoms with Crippen molar-refractivity contribution in [3.8, 4) is 0 Å². The molecule has 0 bridgehead atoms. The van der Waals surface area contributed by atoms with E-state index in [2.05, 4.69) is 15.6 Å². The Morgan fingerprint density at radius 2 is 2.18 bits per heavy atom. The Bertz CT molecular complexity index is 647. The van der Waals surface area contributed by atoms with Gasteiger partial charge in [0.25, 0.3) is 5.91 Å². The van der Waals surface area contributed by atoms with Gasteiger partial charge in [0.1, 0.15) is 9.71 Å². The number of nitrogens with one attached hydrogen (secondary N) is 2. The third-order valence-electron chi connectivity index (χ3n) is 2.57. The lowest BCUT2D eigenvalue weighted by Crippen LogP contribution is -2.28. The largest absolute Gasteiger partial charge is 0.342 e. The van der Waals surface area contributed by atoms with Crippen molar-refractivity contribution in [3.63, 3.8) is 0 Å². The van der Waals surface area contributed by atoms with Crippen molar-refractivity contribution in [2.75, 3.05) is 11.9 Å². The minimum absolute atomic E-state index is 0.0149. The maximum absolute atomic E-state index is 11.8. The Morgan fingerprint density at radius 1 is 1.35 bits per heavy atom. The molecule has 1 aliphatic heterocycles. The molecule has 6 heteroatoms. The molecule has 2 aromatic rings. The summed E-state index contributed by atoms with van der Waals surface area (Å²) in [6.45, 7) is 1.91. The lowest BCUT2D eigenvalue weighted by molar-refractivity contribution is -0.115. The number of aromatic nitrogens is 1. The number of aryl methyl sites for hydroxylation is 1. The van der Waals surface area contributed by atoms with Crippen molar-refractivity contribution in [1.29, 1.82) is 0 Å². The quantitative estimate of drug-likeness (QED) is 0.736. The molecule has 5 nitrogen and oxygen atoms in total. The Balaban J connectivity index is 2.30. The summed E-state index contributed by atoms with van der Waals surface area (Å²) in [5.41, 5.74) is 1.47. The van der Waals surface area contributed by atoms with Crippen LogP contribution in [0.4, 0.5) is 5.69 Å². The molecule has 0 saturated heterocycles. The van der Waals surface area contributed by atoms with E-state index >= 15 is 0 Å². The number of fused-ring (bicyclic) bond motifs is 3. The predicted octanol–water partition coefficient (Wildman–Crippen LogP) is 1.29. The molecule has 3 heterocycles. The van der Waals surface area contributed by atoms with Crippen molar-refractivity contribution < 1.29 is 9.59 Å². The first-order chi connectivity index (χ1) is 8.15. The van der Waals surface area contributed by atoms with Crippen LogP contribution in [0.2, 0.25) is 0 Å². The topological polar surface area (TPSA) is 71.1 Å². The monoisotopic (exact) mass is 247 g/mol. The fourth-order valence-corrected chi connectivity index (χ4v) is 2.87. The lowest BCUT2D eigenvalue weighted by atomic mass is 10.2. The number of hydrogen-bond donors (Lipinski definition) is 2. The highest BCUT2D eigenvalue weighted by atomic mass is 32.1. The third-order valence-corrected chi connectivity index (χ3v) is 3.67. The maximum atomic E-state index is 11.8. The lowest BCUT2D eigenvalue weighted by Gasteiger charge is -2.00. The highest BCUT2D eigenvalue weighted by molar-refractivity contribution is 7.21. The van der Waals surface area contributed by atoms with Gasteiger partial charge in [-0.3, -0.25) is 9.59 Å². The fraction of sp³-hybridized carbons (Fsp3) is 0.182. The van der Waals surface area contributed by atoms with Gasteiger partial charge in [0.15, 0.2) is 0 Å². The molecule has 1 aliphatic rings. The number of anilines is 1. The van der Waals surface area contributed by atoms with Gasteiger partial charge < -0.3 is 10.6 Å². The molecule has 0 atom stereocenters. The Morgan fingerprint density at radius 3 is 3.00 bits per heavy atom. The van der Waals surface area contributed by atoms with Gasteiger partial charge >= 0.3 is 0 Å². The first-order valence-corrected chi connectivity index (χ1v) is 5.95. The number of nitrogens with zero attached hydrogens (tertiary/aromatic N) is 1. The summed E-state index contributed by atoms with van der Waals surface area (Å²) in [6.07, 6.45) is 0.